The first-order valence-corrected chi connectivity index (χ1v) is 8.96. The third kappa shape index (κ3) is 4.46. The van der Waals surface area contributed by atoms with Crippen LogP contribution in [0.1, 0.15) is 24.5 Å². The molecule has 0 fully saturated rings. The fraction of sp³-hybridized carbons (Fsp3) is 0.667. The summed E-state index contributed by atoms with van der Waals surface area (Å²) in [6.45, 7) is 1.65. The molecule has 0 saturated heterocycles. The van der Waals surface area contributed by atoms with Gasteiger partial charge in [-0.05, 0) is 19.4 Å². The minimum Gasteiger partial charge on any atom is -0.385 e. The van der Waals surface area contributed by atoms with E-state index >= 15 is 0 Å². The molecule has 1 aromatic rings. The van der Waals surface area contributed by atoms with Crippen molar-refractivity contribution in [2.75, 3.05) is 0 Å². The molecule has 1 N–H and O–H groups in total. The summed E-state index contributed by atoms with van der Waals surface area (Å²) in [5.74, 6) is -57.0. The lowest BCUT2D eigenvalue weighted by molar-refractivity contribution is -0.462. The van der Waals surface area contributed by atoms with Crippen LogP contribution in [0.3, 0.4) is 0 Å². The monoisotopic (exact) mass is 568 g/mol. The van der Waals surface area contributed by atoms with Crippen LogP contribution >= 0.6 is 0 Å². The van der Waals surface area contributed by atoms with Crippen molar-refractivity contribution in [1.82, 2.24) is 0 Å². The average molecular weight is 568 g/mol. The van der Waals surface area contributed by atoms with Gasteiger partial charge in [-0.1, -0.05) is 29.8 Å². The summed E-state index contributed by atoms with van der Waals surface area (Å²) in [7, 11) is 0. The van der Waals surface area contributed by atoms with Crippen LogP contribution < -0.4 is 0 Å². The summed E-state index contributed by atoms with van der Waals surface area (Å²) in [5, 5.41) is 9.99. The molecule has 0 bridgehead atoms. The van der Waals surface area contributed by atoms with Crippen LogP contribution in [0.4, 0.5) is 74.6 Å². The molecule has 0 radical (unpaired) electrons. The summed E-state index contributed by atoms with van der Waals surface area (Å²) in [6.07, 6.45) is -10.8. The van der Waals surface area contributed by atoms with Crippen LogP contribution in [0.25, 0.3) is 0 Å². The maximum atomic E-state index is 14.1. The predicted octanol–water partition coefficient (Wildman–Crippen LogP) is 7.60. The molecule has 0 heterocycles. The maximum Gasteiger partial charge on any atom is 0.460 e. The van der Waals surface area contributed by atoms with Crippen molar-refractivity contribution in [1.29, 1.82) is 0 Å². The van der Waals surface area contributed by atoms with Crippen LogP contribution in [0.5, 0.6) is 0 Å². The van der Waals surface area contributed by atoms with Gasteiger partial charge in [-0.2, -0.15) is 74.6 Å². The summed E-state index contributed by atoms with van der Waals surface area (Å²) < 4.78 is 226. The Bertz CT molecular complexity index is 928. The van der Waals surface area contributed by atoms with Crippen molar-refractivity contribution in [3.05, 3.63) is 35.4 Å². The lowest BCUT2D eigenvalue weighted by atomic mass is 9.83. The summed E-state index contributed by atoms with van der Waals surface area (Å²) in [5.41, 5.74) is -3.67. The second-order valence-electron chi connectivity index (χ2n) is 7.97. The lowest BCUT2D eigenvalue weighted by Gasteiger charge is -2.43. The van der Waals surface area contributed by atoms with Gasteiger partial charge in [0.15, 0.2) is 0 Å². The van der Waals surface area contributed by atoms with Crippen LogP contribution in [-0.4, -0.2) is 52.7 Å². The molecular formula is C18H13F17O. The first-order valence-electron chi connectivity index (χ1n) is 8.96. The smallest absolute Gasteiger partial charge is 0.385 e. The molecule has 1 nitrogen and oxygen atoms in total. The van der Waals surface area contributed by atoms with Gasteiger partial charge >= 0.3 is 47.6 Å². The molecule has 0 aliphatic heterocycles. The normalized spacial score (nSPS) is 17.2. The number of benzene rings is 1. The van der Waals surface area contributed by atoms with Gasteiger partial charge in [-0.25, -0.2) is 0 Å². The van der Waals surface area contributed by atoms with Gasteiger partial charge in [0.1, 0.15) is 0 Å². The van der Waals surface area contributed by atoms with Gasteiger partial charge in [-0.15, -0.1) is 0 Å². The fourth-order valence-corrected chi connectivity index (χ4v) is 2.75. The zero-order chi connectivity index (χ0) is 29.2. The number of alkyl halides is 17. The molecule has 0 aromatic heterocycles. The average Bonchev–Trinajstić information content (AvgIpc) is 2.65. The first kappa shape index (κ1) is 32.0. The standard InChI is InChI=1S/C18H13F17O/c1-8-3-5-9(6-4-8)10(2,36)7-11(19,20)12(21,22)13(23,24)14(25,26)15(27,28)16(29,30)17(31,32)18(33,34)35/h3-6,36H,7H2,1-2H3. The molecule has 0 saturated carbocycles. The molecule has 0 amide bonds. The van der Waals surface area contributed by atoms with Gasteiger partial charge in [0, 0.05) is 0 Å². The second-order valence-corrected chi connectivity index (χ2v) is 7.97. The lowest BCUT2D eigenvalue weighted by Crippen LogP contribution is -2.74. The topological polar surface area (TPSA) is 20.2 Å². The Morgan fingerprint density at radius 2 is 0.833 bits per heavy atom. The van der Waals surface area contributed by atoms with Crippen LogP contribution in [0, 0.1) is 6.92 Å². The van der Waals surface area contributed by atoms with E-state index < -0.39 is 65.2 Å². The molecule has 0 spiro atoms. The molecule has 1 atom stereocenters. The fourth-order valence-electron chi connectivity index (χ4n) is 2.75. The van der Waals surface area contributed by atoms with Gasteiger partial charge < -0.3 is 5.11 Å². The molecule has 0 aliphatic rings. The van der Waals surface area contributed by atoms with Gasteiger partial charge in [-0.3, -0.25) is 0 Å². The van der Waals surface area contributed by atoms with Crippen molar-refractivity contribution < 1.29 is 79.7 Å². The number of hydrogen-bond donors (Lipinski definition) is 1. The van der Waals surface area contributed by atoms with Gasteiger partial charge in [0.25, 0.3) is 0 Å². The molecule has 36 heavy (non-hydrogen) atoms. The maximum absolute atomic E-state index is 14.1. The van der Waals surface area contributed by atoms with E-state index in [1.807, 2.05) is 0 Å². The zero-order valence-corrected chi connectivity index (χ0v) is 17.4. The molecule has 210 valence electrons. The number of aryl methyl sites for hydroxylation is 1. The molecule has 1 unspecified atom stereocenters. The second kappa shape index (κ2) is 8.51. The third-order valence-electron chi connectivity index (χ3n) is 5.03. The van der Waals surface area contributed by atoms with E-state index in [1.165, 1.54) is 6.92 Å². The van der Waals surface area contributed by atoms with Crippen molar-refractivity contribution in [3.63, 3.8) is 0 Å². The largest absolute Gasteiger partial charge is 0.460 e. The van der Waals surface area contributed by atoms with E-state index in [2.05, 4.69) is 0 Å². The zero-order valence-electron chi connectivity index (χ0n) is 17.4. The minimum atomic E-state index is -8.68. The molecular weight excluding hydrogens is 555 g/mol. The van der Waals surface area contributed by atoms with E-state index in [-0.39, 0.29) is 6.92 Å². The third-order valence-corrected chi connectivity index (χ3v) is 5.03. The number of rotatable bonds is 9. The molecule has 1 rings (SSSR count). The Labute approximate surface area is 189 Å². The SMILES string of the molecule is Cc1ccc(C(C)(O)CC(F)(F)C(F)(F)C(F)(F)C(F)(F)C(F)(F)C(F)(F)C(F)(F)C(F)(F)F)cc1. The number of aliphatic hydroxyl groups is 1. The van der Waals surface area contributed by atoms with Gasteiger partial charge in [0.05, 0.1) is 12.0 Å². The quantitative estimate of drug-likeness (QED) is 0.305. The van der Waals surface area contributed by atoms with E-state index in [9.17, 15) is 79.7 Å². The highest BCUT2D eigenvalue weighted by Gasteiger charge is 2.95. The number of hydrogen-bond acceptors (Lipinski definition) is 1. The van der Waals surface area contributed by atoms with Crippen molar-refractivity contribution in [2.24, 2.45) is 0 Å². The Kier molecular flexibility index (Phi) is 7.57. The van der Waals surface area contributed by atoms with Crippen LogP contribution in [0.2, 0.25) is 0 Å². The van der Waals surface area contributed by atoms with Crippen LogP contribution in [-0.2, 0) is 5.60 Å². The van der Waals surface area contributed by atoms with E-state index in [0.29, 0.717) is 5.56 Å². The van der Waals surface area contributed by atoms with E-state index in [1.54, 1.807) is 0 Å². The summed E-state index contributed by atoms with van der Waals surface area (Å²) in [4.78, 5) is 0. The van der Waals surface area contributed by atoms with E-state index in [4.69, 9.17) is 0 Å². The van der Waals surface area contributed by atoms with Crippen molar-refractivity contribution in [2.45, 2.75) is 73.5 Å². The highest BCUT2D eigenvalue weighted by Crippen LogP contribution is 2.64. The minimum absolute atomic E-state index is 0.255. The highest BCUT2D eigenvalue weighted by atomic mass is 19.4. The summed E-state index contributed by atoms with van der Waals surface area (Å²) in [6, 6.07) is 3.66. The van der Waals surface area contributed by atoms with Gasteiger partial charge in [0.2, 0.25) is 0 Å². The Morgan fingerprint density at radius 3 is 1.17 bits per heavy atom. The Balaban J connectivity index is 3.60. The highest BCUT2D eigenvalue weighted by molar-refractivity contribution is 5.27. The van der Waals surface area contributed by atoms with E-state index in [0.717, 1.165) is 24.3 Å². The molecule has 18 heteroatoms. The van der Waals surface area contributed by atoms with Crippen molar-refractivity contribution >= 4 is 0 Å². The summed E-state index contributed by atoms with van der Waals surface area (Å²) >= 11 is 0. The number of halogens is 17. The first-order chi connectivity index (χ1) is 15.5. The Morgan fingerprint density at radius 1 is 0.528 bits per heavy atom. The van der Waals surface area contributed by atoms with Crippen molar-refractivity contribution in [3.8, 4) is 0 Å². The Hall–Kier alpha value is -2.01. The predicted molar refractivity (Wildman–Crippen MR) is 86.1 cm³/mol. The molecule has 0 aliphatic carbocycles. The molecule has 1 aromatic carbocycles. The van der Waals surface area contributed by atoms with Crippen LogP contribution in [0.15, 0.2) is 24.3 Å².